The van der Waals surface area contributed by atoms with Crippen molar-refractivity contribution in [3.63, 3.8) is 0 Å². The molecule has 1 unspecified atom stereocenters. The predicted octanol–water partition coefficient (Wildman–Crippen LogP) is 1.82. The molecular weight excluding hydrogens is 268 g/mol. The maximum absolute atomic E-state index is 11.2. The zero-order chi connectivity index (χ0) is 14.5. The summed E-state index contributed by atoms with van der Waals surface area (Å²) in [5.41, 5.74) is 0.689. The van der Waals surface area contributed by atoms with Gasteiger partial charge in [-0.1, -0.05) is 6.92 Å². The van der Waals surface area contributed by atoms with Gasteiger partial charge in [0.1, 0.15) is 12.1 Å². The summed E-state index contributed by atoms with van der Waals surface area (Å²) in [7, 11) is 0. The van der Waals surface area contributed by atoms with E-state index < -0.39 is 6.10 Å². The largest absolute Gasteiger partial charge is 0.466 e. The van der Waals surface area contributed by atoms with E-state index in [1.165, 1.54) is 0 Å². The summed E-state index contributed by atoms with van der Waals surface area (Å²) in [6, 6.07) is 0. The summed E-state index contributed by atoms with van der Waals surface area (Å²) in [6.07, 6.45) is 0.864. The number of hydrogen-bond donors (Lipinski definition) is 1. The van der Waals surface area contributed by atoms with E-state index in [9.17, 15) is 9.90 Å². The first-order chi connectivity index (χ1) is 9.13. The fraction of sp³-hybridized carbons (Fsp3) is 0.750. The molecule has 0 aromatic carbocycles. The second-order valence-corrected chi connectivity index (χ2v) is 4.35. The summed E-state index contributed by atoms with van der Waals surface area (Å²) < 4.78 is 17.8. The van der Waals surface area contributed by atoms with Gasteiger partial charge in [-0.3, -0.25) is 4.79 Å². The first-order valence-corrected chi connectivity index (χ1v) is 6.96. The maximum Gasteiger partial charge on any atom is 0.306 e. The monoisotopic (exact) mass is 290 g/mol. The van der Waals surface area contributed by atoms with Crippen LogP contribution in [0, 0.1) is 0 Å². The van der Waals surface area contributed by atoms with E-state index in [0.29, 0.717) is 25.2 Å². The van der Waals surface area contributed by atoms with Crippen LogP contribution in [0.2, 0.25) is 0 Å². The highest BCUT2D eigenvalue weighted by atomic mass is 32.2. The standard InChI is InChI=1S/C12H22N2O4S/c1-4-11(15)9-17-8-10(14-19-13-3)6-7-12(16)18-5-2/h11,15H,3-9H2,1-2H3/b14-10-. The lowest BCUT2D eigenvalue weighted by Crippen LogP contribution is -2.18. The Bertz CT molecular complexity index is 297. The minimum absolute atomic E-state index is 0.251. The van der Waals surface area contributed by atoms with E-state index >= 15 is 0 Å². The lowest BCUT2D eigenvalue weighted by atomic mass is 10.2. The van der Waals surface area contributed by atoms with Crippen molar-refractivity contribution in [1.29, 1.82) is 0 Å². The molecule has 0 spiro atoms. The lowest BCUT2D eigenvalue weighted by molar-refractivity contribution is -0.142. The zero-order valence-corrected chi connectivity index (χ0v) is 12.3. The second-order valence-electron chi connectivity index (χ2n) is 3.75. The molecule has 0 heterocycles. The number of esters is 1. The third-order valence-electron chi connectivity index (χ3n) is 2.20. The Morgan fingerprint density at radius 3 is 2.74 bits per heavy atom. The zero-order valence-electron chi connectivity index (χ0n) is 11.5. The number of ether oxygens (including phenoxy) is 2. The van der Waals surface area contributed by atoms with E-state index in [2.05, 4.69) is 15.5 Å². The first-order valence-electron chi connectivity index (χ1n) is 6.23. The molecule has 0 saturated heterocycles. The first kappa shape index (κ1) is 18.1. The van der Waals surface area contributed by atoms with E-state index in [4.69, 9.17) is 9.47 Å². The molecule has 7 heteroatoms. The van der Waals surface area contributed by atoms with E-state index in [0.717, 1.165) is 12.1 Å². The van der Waals surface area contributed by atoms with Gasteiger partial charge in [-0.15, -0.1) is 0 Å². The number of carbonyl (C=O) groups excluding carboxylic acids is 1. The molecule has 1 atom stereocenters. The van der Waals surface area contributed by atoms with Crippen LogP contribution < -0.4 is 0 Å². The molecule has 0 radical (unpaired) electrons. The SMILES string of the molecule is C=NS/N=C(/CCC(=O)OCC)COCC(O)CC. The van der Waals surface area contributed by atoms with E-state index in [1.54, 1.807) is 6.92 Å². The Kier molecular flexibility index (Phi) is 11.5. The van der Waals surface area contributed by atoms with Crippen LogP contribution in [0.3, 0.4) is 0 Å². The topological polar surface area (TPSA) is 80.5 Å². The molecule has 0 amide bonds. The number of hydrogen-bond acceptors (Lipinski definition) is 7. The van der Waals surface area contributed by atoms with Crippen LogP contribution >= 0.6 is 12.1 Å². The molecule has 1 N–H and O–H groups in total. The van der Waals surface area contributed by atoms with Crippen LogP contribution in [0.15, 0.2) is 8.80 Å². The van der Waals surface area contributed by atoms with Gasteiger partial charge in [0.25, 0.3) is 0 Å². The van der Waals surface area contributed by atoms with Gasteiger partial charge in [-0.25, -0.2) is 8.80 Å². The Balaban J connectivity index is 4.09. The van der Waals surface area contributed by atoms with Crippen molar-refractivity contribution in [3.05, 3.63) is 0 Å². The van der Waals surface area contributed by atoms with Crippen molar-refractivity contribution < 1.29 is 19.4 Å². The minimum atomic E-state index is -0.475. The van der Waals surface area contributed by atoms with Crippen LogP contribution in [-0.2, 0) is 14.3 Å². The minimum Gasteiger partial charge on any atom is -0.466 e. The van der Waals surface area contributed by atoms with Gasteiger partial charge in [0.15, 0.2) is 0 Å². The van der Waals surface area contributed by atoms with E-state index in [1.807, 2.05) is 6.92 Å². The van der Waals surface area contributed by atoms with Gasteiger partial charge in [0.2, 0.25) is 0 Å². The van der Waals surface area contributed by atoms with Crippen molar-refractivity contribution in [2.24, 2.45) is 8.80 Å². The molecular formula is C12H22N2O4S. The Morgan fingerprint density at radius 1 is 1.42 bits per heavy atom. The molecule has 110 valence electrons. The van der Waals surface area contributed by atoms with Gasteiger partial charge in [-0.05, 0) is 19.8 Å². The lowest BCUT2D eigenvalue weighted by Gasteiger charge is -2.10. The van der Waals surface area contributed by atoms with Crippen molar-refractivity contribution in [2.75, 3.05) is 19.8 Å². The number of aliphatic hydroxyl groups excluding tert-OH is 1. The van der Waals surface area contributed by atoms with Gasteiger partial charge in [0, 0.05) is 6.72 Å². The molecule has 0 fully saturated rings. The highest BCUT2D eigenvalue weighted by Crippen LogP contribution is 2.07. The molecule has 0 rings (SSSR count). The van der Waals surface area contributed by atoms with Gasteiger partial charge >= 0.3 is 5.97 Å². The third-order valence-corrected chi connectivity index (χ3v) is 2.66. The van der Waals surface area contributed by atoms with Crippen molar-refractivity contribution in [2.45, 2.75) is 39.2 Å². The molecule has 19 heavy (non-hydrogen) atoms. The van der Waals surface area contributed by atoms with Crippen LogP contribution in [0.4, 0.5) is 0 Å². The van der Waals surface area contributed by atoms with Gasteiger partial charge in [0.05, 0.1) is 38.1 Å². The Morgan fingerprint density at radius 2 is 2.16 bits per heavy atom. The normalized spacial score (nSPS) is 13.1. The highest BCUT2D eigenvalue weighted by Gasteiger charge is 2.08. The smallest absolute Gasteiger partial charge is 0.306 e. The Labute approximate surface area is 118 Å². The summed E-state index contributed by atoms with van der Waals surface area (Å²) in [5, 5.41) is 9.36. The fourth-order valence-corrected chi connectivity index (χ4v) is 1.46. The second kappa shape index (κ2) is 12.1. The highest BCUT2D eigenvalue weighted by molar-refractivity contribution is 7.96. The number of nitrogens with zero attached hydrogens (tertiary/aromatic N) is 2. The molecule has 0 aliphatic carbocycles. The number of aliphatic hydroxyl groups is 1. The molecule has 0 aromatic rings. The molecule has 0 aromatic heterocycles. The van der Waals surface area contributed by atoms with Crippen LogP contribution in [0.1, 0.15) is 33.1 Å². The third kappa shape index (κ3) is 10.7. The quantitative estimate of drug-likeness (QED) is 0.357. The predicted molar refractivity (Wildman–Crippen MR) is 77.6 cm³/mol. The molecule has 0 aliphatic rings. The van der Waals surface area contributed by atoms with Crippen LogP contribution in [0.25, 0.3) is 0 Å². The van der Waals surface area contributed by atoms with Gasteiger partial charge < -0.3 is 14.6 Å². The fourth-order valence-electron chi connectivity index (χ4n) is 1.14. The maximum atomic E-state index is 11.2. The number of carbonyl (C=O) groups is 1. The van der Waals surface area contributed by atoms with Gasteiger partial charge in [-0.2, -0.15) is 0 Å². The summed E-state index contributed by atoms with van der Waals surface area (Å²) >= 11 is 0.953. The Hall–Kier alpha value is -0.920. The summed E-state index contributed by atoms with van der Waals surface area (Å²) in [5.74, 6) is -0.264. The van der Waals surface area contributed by atoms with Crippen LogP contribution in [0.5, 0.6) is 0 Å². The molecule has 6 nitrogen and oxygen atoms in total. The average Bonchev–Trinajstić information content (AvgIpc) is 2.41. The average molecular weight is 290 g/mol. The summed E-state index contributed by atoms with van der Waals surface area (Å²) in [4.78, 5) is 11.2. The van der Waals surface area contributed by atoms with Crippen molar-refractivity contribution in [3.8, 4) is 0 Å². The molecule has 0 bridgehead atoms. The number of rotatable bonds is 11. The molecule has 0 saturated carbocycles. The van der Waals surface area contributed by atoms with Crippen molar-refractivity contribution >= 4 is 30.5 Å². The van der Waals surface area contributed by atoms with E-state index in [-0.39, 0.29) is 25.6 Å². The molecule has 0 aliphatic heterocycles. The van der Waals surface area contributed by atoms with Crippen molar-refractivity contribution in [1.82, 2.24) is 0 Å². The van der Waals surface area contributed by atoms with Crippen LogP contribution in [-0.4, -0.2) is 49.4 Å². The summed E-state index contributed by atoms with van der Waals surface area (Å²) in [6.45, 7) is 7.83.